The summed E-state index contributed by atoms with van der Waals surface area (Å²) >= 11 is 0. The van der Waals surface area contributed by atoms with Crippen molar-refractivity contribution in [3.8, 4) is 11.4 Å². The molecule has 362 valence electrons. The molecule has 0 saturated heterocycles. The molecule has 0 unspecified atom stereocenters. The average molecular weight is 1020 g/mol. The van der Waals surface area contributed by atoms with Crippen molar-refractivity contribution in [3.05, 3.63) is 303 Å². The molecule has 0 saturated carbocycles. The van der Waals surface area contributed by atoms with Gasteiger partial charge in [-0.05, 0) is 96.1 Å². The van der Waals surface area contributed by atoms with E-state index in [4.69, 9.17) is 4.42 Å². The lowest BCUT2D eigenvalue weighted by molar-refractivity contribution is 0.671. The van der Waals surface area contributed by atoms with E-state index in [0.717, 1.165) is 33.3 Å². The smallest absolute Gasteiger partial charge is 0.184 e. The Kier molecular flexibility index (Phi) is 10.6. The first-order valence-electron chi connectivity index (χ1n) is 26.6. The Bertz CT molecular complexity index is 4530. The van der Waals surface area contributed by atoms with Crippen LogP contribution < -0.4 is 41.5 Å². The molecule has 0 aliphatic rings. The maximum atomic E-state index is 7.04. The minimum atomic E-state index is -3.19. The molecule has 0 atom stereocenters. The summed E-state index contributed by atoms with van der Waals surface area (Å²) in [6.07, 6.45) is 0. The van der Waals surface area contributed by atoms with Crippen LogP contribution in [-0.2, 0) is 0 Å². The molecular formula is C72H50N2OSi2. The van der Waals surface area contributed by atoms with Gasteiger partial charge in [0, 0.05) is 43.7 Å². The zero-order valence-corrected chi connectivity index (χ0v) is 44.2. The molecule has 3 aromatic heterocycles. The number of rotatable bonds is 10. The molecule has 15 aromatic rings. The van der Waals surface area contributed by atoms with Gasteiger partial charge in [-0.15, -0.1) is 0 Å². The number of fused-ring (bicyclic) bond motifs is 9. The minimum Gasteiger partial charge on any atom is -0.456 e. The topological polar surface area (TPSA) is 23.0 Å². The zero-order chi connectivity index (χ0) is 50.9. The van der Waals surface area contributed by atoms with Crippen LogP contribution >= 0.6 is 0 Å². The van der Waals surface area contributed by atoms with Gasteiger partial charge < -0.3 is 13.6 Å². The van der Waals surface area contributed by atoms with Crippen molar-refractivity contribution < 1.29 is 4.42 Å². The highest BCUT2D eigenvalue weighted by molar-refractivity contribution is 7.22. The predicted molar refractivity (Wildman–Crippen MR) is 330 cm³/mol. The summed E-state index contributed by atoms with van der Waals surface area (Å²) < 4.78 is 12.0. The van der Waals surface area contributed by atoms with E-state index in [9.17, 15) is 0 Å². The SMILES string of the molecule is c1ccc([Si](c2ccccc2)(c2ccccc2)c2ccc(-n3c4ccccc4c4cc(-n5c6ccccc6c6c([Si](c7ccccc7)(c7ccccc7)c7cccc8c7oc7ccccc78)cccc65)ccc43)cc2)cc1. The molecule has 3 nitrogen and oxygen atoms in total. The van der Waals surface area contributed by atoms with Gasteiger partial charge in [0.2, 0.25) is 0 Å². The Balaban J connectivity index is 0.948. The third-order valence-corrected chi connectivity index (χ3v) is 26.0. The molecule has 5 heteroatoms. The predicted octanol–water partition coefficient (Wildman–Crippen LogP) is 12.5. The molecular weight excluding hydrogens is 965 g/mol. The van der Waals surface area contributed by atoms with Crippen molar-refractivity contribution in [1.29, 1.82) is 0 Å². The highest BCUT2D eigenvalue weighted by Gasteiger charge is 2.46. The molecule has 0 N–H and O–H groups in total. The first kappa shape index (κ1) is 44.9. The van der Waals surface area contributed by atoms with Gasteiger partial charge >= 0.3 is 0 Å². The lowest BCUT2D eigenvalue weighted by Gasteiger charge is -2.35. The number of para-hydroxylation sites is 4. The van der Waals surface area contributed by atoms with E-state index >= 15 is 0 Å². The zero-order valence-electron chi connectivity index (χ0n) is 42.2. The van der Waals surface area contributed by atoms with Crippen molar-refractivity contribution >= 4 is 123 Å². The maximum absolute atomic E-state index is 7.04. The van der Waals surface area contributed by atoms with Crippen LogP contribution in [0.3, 0.4) is 0 Å². The molecule has 3 heterocycles. The van der Waals surface area contributed by atoms with E-state index in [1.165, 1.54) is 85.1 Å². The van der Waals surface area contributed by atoms with E-state index in [1.54, 1.807) is 0 Å². The summed E-state index contributed by atoms with van der Waals surface area (Å²) in [5, 5.41) is 17.8. The van der Waals surface area contributed by atoms with Crippen LogP contribution in [0.1, 0.15) is 0 Å². The molecule has 0 amide bonds. The van der Waals surface area contributed by atoms with Crippen LogP contribution in [0.5, 0.6) is 0 Å². The van der Waals surface area contributed by atoms with E-state index in [0.29, 0.717) is 0 Å². The van der Waals surface area contributed by atoms with Crippen molar-refractivity contribution in [3.63, 3.8) is 0 Å². The van der Waals surface area contributed by atoms with E-state index < -0.39 is 16.1 Å². The first-order chi connectivity index (χ1) is 38.2. The van der Waals surface area contributed by atoms with Crippen LogP contribution in [0.25, 0.3) is 76.9 Å². The van der Waals surface area contributed by atoms with Crippen LogP contribution in [0.15, 0.2) is 308 Å². The first-order valence-corrected chi connectivity index (χ1v) is 30.6. The summed E-state index contributed by atoms with van der Waals surface area (Å²) in [5.74, 6) is 0. The van der Waals surface area contributed by atoms with Crippen molar-refractivity contribution in [2.75, 3.05) is 0 Å². The van der Waals surface area contributed by atoms with Crippen LogP contribution in [0.4, 0.5) is 0 Å². The van der Waals surface area contributed by atoms with Crippen molar-refractivity contribution in [2.45, 2.75) is 0 Å². The maximum Gasteiger partial charge on any atom is 0.184 e. The Hall–Kier alpha value is -9.53. The van der Waals surface area contributed by atoms with E-state index in [2.05, 4.69) is 312 Å². The monoisotopic (exact) mass is 1010 g/mol. The molecule has 15 rings (SSSR count). The average Bonchev–Trinajstić information content (AvgIpc) is 4.29. The standard InChI is InChI=1S/C72H50N2OSi2/c1-6-24-53(25-7-1)76(54-26-8-2-9-27-54,55-28-10-3-11-29-55)58-47-44-51(45-48-58)73-64-38-19-16-34-59(64)63-50-52(46-49-66(63)73)74-65-39-20-17-36-62(65)71-67(74)40-23-42-69(71)77(56-30-12-4-13-31-56,57-32-14-5-15-33-57)70-43-22-37-61-60-35-18-21-41-68(60)75-72(61)70/h1-50H. The van der Waals surface area contributed by atoms with Gasteiger partial charge in [-0.1, -0.05) is 249 Å². The van der Waals surface area contributed by atoms with Crippen molar-refractivity contribution in [1.82, 2.24) is 9.13 Å². The lowest BCUT2D eigenvalue weighted by atomic mass is 10.1. The van der Waals surface area contributed by atoms with Gasteiger partial charge in [-0.25, -0.2) is 0 Å². The highest BCUT2D eigenvalue weighted by atomic mass is 28.3. The number of hydrogen-bond donors (Lipinski definition) is 0. The Labute approximate surface area is 448 Å². The second kappa shape index (κ2) is 18.1. The van der Waals surface area contributed by atoms with Crippen LogP contribution in [0.2, 0.25) is 0 Å². The highest BCUT2D eigenvalue weighted by Crippen LogP contribution is 2.38. The fraction of sp³-hybridized carbons (Fsp3) is 0. The number of hydrogen-bond acceptors (Lipinski definition) is 1. The second-order valence-corrected chi connectivity index (χ2v) is 27.8. The van der Waals surface area contributed by atoms with Gasteiger partial charge in [-0.3, -0.25) is 0 Å². The van der Waals surface area contributed by atoms with Crippen LogP contribution in [-0.4, -0.2) is 25.3 Å². The molecule has 0 radical (unpaired) electrons. The summed E-state index contributed by atoms with van der Waals surface area (Å²) in [5.41, 5.74) is 8.80. The molecule has 0 spiro atoms. The van der Waals surface area contributed by atoms with E-state index in [-0.39, 0.29) is 0 Å². The summed E-state index contributed by atoms with van der Waals surface area (Å²) in [6, 6.07) is 113. The summed E-state index contributed by atoms with van der Waals surface area (Å²) in [7, 11) is -5.90. The molecule has 0 bridgehead atoms. The van der Waals surface area contributed by atoms with Gasteiger partial charge in [0.05, 0.1) is 22.1 Å². The number of nitrogens with zero attached hydrogens (tertiary/aromatic N) is 2. The third-order valence-electron chi connectivity index (χ3n) is 16.4. The Morgan fingerprint density at radius 2 is 0.649 bits per heavy atom. The van der Waals surface area contributed by atoms with Gasteiger partial charge in [0.25, 0.3) is 0 Å². The van der Waals surface area contributed by atoms with Gasteiger partial charge in [0.15, 0.2) is 16.1 Å². The molecule has 0 aliphatic heterocycles. The van der Waals surface area contributed by atoms with E-state index in [1.807, 2.05) is 0 Å². The molecule has 12 aromatic carbocycles. The number of benzene rings is 12. The second-order valence-electron chi connectivity index (χ2n) is 20.3. The van der Waals surface area contributed by atoms with Crippen LogP contribution in [0, 0.1) is 0 Å². The lowest BCUT2D eigenvalue weighted by Crippen LogP contribution is -2.75. The summed E-state index contributed by atoms with van der Waals surface area (Å²) in [4.78, 5) is 0. The van der Waals surface area contributed by atoms with Crippen molar-refractivity contribution in [2.24, 2.45) is 0 Å². The Morgan fingerprint density at radius 3 is 1.25 bits per heavy atom. The normalized spacial score (nSPS) is 12.2. The number of aromatic nitrogens is 2. The van der Waals surface area contributed by atoms with Gasteiger partial charge in [-0.2, -0.15) is 0 Å². The Morgan fingerprint density at radius 1 is 0.247 bits per heavy atom. The van der Waals surface area contributed by atoms with Gasteiger partial charge in [0.1, 0.15) is 11.2 Å². The fourth-order valence-electron chi connectivity index (χ4n) is 13.3. The minimum absolute atomic E-state index is 0.903. The largest absolute Gasteiger partial charge is 0.456 e. The molecule has 0 aliphatic carbocycles. The number of furan rings is 1. The molecule has 77 heavy (non-hydrogen) atoms. The quantitative estimate of drug-likeness (QED) is 0.0989. The summed E-state index contributed by atoms with van der Waals surface area (Å²) in [6.45, 7) is 0. The third kappa shape index (κ3) is 6.74. The molecule has 0 fully saturated rings. The fourth-order valence-corrected chi connectivity index (χ4v) is 23.1.